The first kappa shape index (κ1) is 12.0. The fourth-order valence-corrected chi connectivity index (χ4v) is 2.86. The van der Waals surface area contributed by atoms with E-state index >= 15 is 0 Å². The van der Waals surface area contributed by atoms with Gasteiger partial charge in [-0.2, -0.15) is 0 Å². The molecule has 100 valence electrons. The quantitative estimate of drug-likeness (QED) is 0.470. The standard InChI is InChI=1S/C20H15N/c21-20-13-17-8-4-3-7-16(17)12-19(20)18-10-9-14-5-1-2-6-15(14)11-18/h1-13H,21H2. The Morgan fingerprint density at radius 2 is 1.10 bits per heavy atom. The number of nitrogen functional groups attached to an aromatic ring is 1. The molecule has 0 fully saturated rings. The van der Waals surface area contributed by atoms with Crippen LogP contribution in [-0.4, -0.2) is 0 Å². The second-order valence-corrected chi connectivity index (χ2v) is 5.35. The first-order valence-electron chi connectivity index (χ1n) is 7.09. The molecule has 0 aliphatic heterocycles. The first-order valence-corrected chi connectivity index (χ1v) is 7.09. The minimum absolute atomic E-state index is 0.823. The third kappa shape index (κ3) is 2.03. The molecule has 0 spiro atoms. The molecule has 0 saturated heterocycles. The van der Waals surface area contributed by atoms with Crippen molar-refractivity contribution in [1.29, 1.82) is 0 Å². The van der Waals surface area contributed by atoms with Gasteiger partial charge in [-0.15, -0.1) is 0 Å². The van der Waals surface area contributed by atoms with Crippen LogP contribution in [0.5, 0.6) is 0 Å². The van der Waals surface area contributed by atoms with Crippen molar-refractivity contribution in [3.05, 3.63) is 78.9 Å². The Balaban J connectivity index is 1.96. The average molecular weight is 269 g/mol. The third-order valence-electron chi connectivity index (χ3n) is 3.98. The van der Waals surface area contributed by atoms with Crippen LogP contribution in [0.4, 0.5) is 5.69 Å². The van der Waals surface area contributed by atoms with Crippen LogP contribution < -0.4 is 5.73 Å². The number of hydrogen-bond acceptors (Lipinski definition) is 1. The van der Waals surface area contributed by atoms with Gasteiger partial charge in [0.1, 0.15) is 0 Å². The maximum absolute atomic E-state index is 6.26. The third-order valence-corrected chi connectivity index (χ3v) is 3.98. The van der Waals surface area contributed by atoms with E-state index in [0.29, 0.717) is 0 Å². The summed E-state index contributed by atoms with van der Waals surface area (Å²) in [7, 11) is 0. The smallest absolute Gasteiger partial charge is 0.0400 e. The number of fused-ring (bicyclic) bond motifs is 2. The molecule has 2 N–H and O–H groups in total. The summed E-state index contributed by atoms with van der Waals surface area (Å²) >= 11 is 0. The van der Waals surface area contributed by atoms with Crippen LogP contribution in [0, 0.1) is 0 Å². The lowest BCUT2D eigenvalue weighted by atomic mass is 9.97. The molecule has 0 saturated carbocycles. The molecule has 0 unspecified atom stereocenters. The highest BCUT2D eigenvalue weighted by molar-refractivity contribution is 5.96. The van der Waals surface area contributed by atoms with Gasteiger partial charge in [-0.1, -0.05) is 60.7 Å². The lowest BCUT2D eigenvalue weighted by Crippen LogP contribution is -1.90. The SMILES string of the molecule is Nc1cc2ccccc2cc1-c1ccc2ccccc2c1. The predicted molar refractivity (Wildman–Crippen MR) is 91.3 cm³/mol. The van der Waals surface area contributed by atoms with Gasteiger partial charge in [0.25, 0.3) is 0 Å². The Morgan fingerprint density at radius 1 is 0.524 bits per heavy atom. The predicted octanol–water partition coefficient (Wildman–Crippen LogP) is 5.24. The van der Waals surface area contributed by atoms with Crippen molar-refractivity contribution in [1.82, 2.24) is 0 Å². The highest BCUT2D eigenvalue weighted by Crippen LogP contribution is 2.32. The van der Waals surface area contributed by atoms with E-state index in [2.05, 4.69) is 72.8 Å². The topological polar surface area (TPSA) is 26.0 Å². The van der Waals surface area contributed by atoms with Crippen LogP contribution in [-0.2, 0) is 0 Å². The number of nitrogens with two attached hydrogens (primary N) is 1. The van der Waals surface area contributed by atoms with Gasteiger partial charge in [-0.3, -0.25) is 0 Å². The molecule has 4 aromatic rings. The highest BCUT2D eigenvalue weighted by atomic mass is 14.6. The Hall–Kier alpha value is -2.80. The molecule has 0 amide bonds. The molecule has 0 bridgehead atoms. The second-order valence-electron chi connectivity index (χ2n) is 5.35. The molecule has 0 heterocycles. The zero-order chi connectivity index (χ0) is 14.2. The van der Waals surface area contributed by atoms with E-state index in [9.17, 15) is 0 Å². The largest absolute Gasteiger partial charge is 0.398 e. The zero-order valence-corrected chi connectivity index (χ0v) is 11.6. The maximum Gasteiger partial charge on any atom is 0.0400 e. The van der Waals surface area contributed by atoms with Gasteiger partial charge in [0.05, 0.1) is 0 Å². The van der Waals surface area contributed by atoms with Gasteiger partial charge in [0.15, 0.2) is 0 Å². The van der Waals surface area contributed by atoms with E-state index in [1.165, 1.54) is 21.5 Å². The summed E-state index contributed by atoms with van der Waals surface area (Å²) < 4.78 is 0. The summed E-state index contributed by atoms with van der Waals surface area (Å²) in [5.41, 5.74) is 9.35. The summed E-state index contributed by atoms with van der Waals surface area (Å²) in [5, 5.41) is 4.89. The molecular formula is C20H15N. The van der Waals surface area contributed by atoms with Gasteiger partial charge in [-0.25, -0.2) is 0 Å². The number of rotatable bonds is 1. The first-order chi connectivity index (χ1) is 10.3. The maximum atomic E-state index is 6.26. The molecule has 0 atom stereocenters. The fraction of sp³-hybridized carbons (Fsp3) is 0. The molecule has 0 aromatic heterocycles. The van der Waals surface area contributed by atoms with Crippen molar-refractivity contribution >= 4 is 27.2 Å². The van der Waals surface area contributed by atoms with Gasteiger partial charge in [-0.05, 0) is 45.3 Å². The van der Waals surface area contributed by atoms with Gasteiger partial charge >= 0.3 is 0 Å². The van der Waals surface area contributed by atoms with Crippen LogP contribution in [0.15, 0.2) is 78.9 Å². The van der Waals surface area contributed by atoms with E-state index in [1.54, 1.807) is 0 Å². The molecule has 4 rings (SSSR count). The molecule has 0 aliphatic rings. The van der Waals surface area contributed by atoms with Crippen molar-refractivity contribution in [2.45, 2.75) is 0 Å². The van der Waals surface area contributed by atoms with Crippen molar-refractivity contribution in [2.24, 2.45) is 0 Å². The molecule has 1 nitrogen and oxygen atoms in total. The van der Waals surface area contributed by atoms with Gasteiger partial charge in [0, 0.05) is 11.3 Å². The number of benzene rings is 4. The fourth-order valence-electron chi connectivity index (χ4n) is 2.86. The minimum atomic E-state index is 0.823. The number of anilines is 1. The Bertz CT molecular complexity index is 954. The Morgan fingerprint density at radius 3 is 1.81 bits per heavy atom. The van der Waals surface area contributed by atoms with Gasteiger partial charge < -0.3 is 5.73 Å². The van der Waals surface area contributed by atoms with E-state index in [4.69, 9.17) is 5.73 Å². The molecule has 1 heteroatoms. The van der Waals surface area contributed by atoms with Crippen LogP contribution in [0.25, 0.3) is 32.7 Å². The van der Waals surface area contributed by atoms with E-state index in [1.807, 2.05) is 6.07 Å². The second kappa shape index (κ2) is 4.64. The van der Waals surface area contributed by atoms with E-state index in [-0.39, 0.29) is 0 Å². The molecule has 21 heavy (non-hydrogen) atoms. The monoisotopic (exact) mass is 269 g/mol. The highest BCUT2D eigenvalue weighted by Gasteiger charge is 2.05. The molecule has 4 aromatic carbocycles. The van der Waals surface area contributed by atoms with Crippen molar-refractivity contribution in [2.75, 3.05) is 5.73 Å². The van der Waals surface area contributed by atoms with Crippen LogP contribution in [0.1, 0.15) is 0 Å². The van der Waals surface area contributed by atoms with E-state index in [0.717, 1.165) is 16.8 Å². The summed E-state index contributed by atoms with van der Waals surface area (Å²) in [6.07, 6.45) is 0. The lowest BCUT2D eigenvalue weighted by molar-refractivity contribution is 1.66. The Labute approximate surface area is 123 Å². The average Bonchev–Trinajstić information content (AvgIpc) is 2.54. The van der Waals surface area contributed by atoms with Gasteiger partial charge in [0.2, 0.25) is 0 Å². The lowest BCUT2D eigenvalue weighted by Gasteiger charge is -2.09. The summed E-state index contributed by atoms with van der Waals surface area (Å²) in [6.45, 7) is 0. The van der Waals surface area contributed by atoms with Crippen molar-refractivity contribution < 1.29 is 0 Å². The van der Waals surface area contributed by atoms with Crippen molar-refractivity contribution in [3.8, 4) is 11.1 Å². The number of hydrogen-bond donors (Lipinski definition) is 1. The summed E-state index contributed by atoms with van der Waals surface area (Å²) in [5.74, 6) is 0. The van der Waals surface area contributed by atoms with Crippen LogP contribution >= 0.6 is 0 Å². The molecule has 0 radical (unpaired) electrons. The van der Waals surface area contributed by atoms with E-state index < -0.39 is 0 Å². The summed E-state index contributed by atoms with van der Waals surface area (Å²) in [4.78, 5) is 0. The molecule has 0 aliphatic carbocycles. The molecular weight excluding hydrogens is 254 g/mol. The normalized spacial score (nSPS) is 11.0. The van der Waals surface area contributed by atoms with Crippen LogP contribution in [0.2, 0.25) is 0 Å². The van der Waals surface area contributed by atoms with Crippen molar-refractivity contribution in [3.63, 3.8) is 0 Å². The van der Waals surface area contributed by atoms with Crippen LogP contribution in [0.3, 0.4) is 0 Å². The summed E-state index contributed by atoms with van der Waals surface area (Å²) in [6, 6.07) is 27.4. The minimum Gasteiger partial charge on any atom is -0.398 e. The zero-order valence-electron chi connectivity index (χ0n) is 11.6. The Kier molecular flexibility index (Phi) is 2.65.